The van der Waals surface area contributed by atoms with Gasteiger partial charge in [-0.25, -0.2) is 0 Å². The second-order valence-corrected chi connectivity index (χ2v) is 6.36. The van der Waals surface area contributed by atoms with Crippen LogP contribution in [0.5, 0.6) is 5.75 Å². The average Bonchev–Trinajstić information content (AvgIpc) is 2.54. The maximum atomic E-state index is 6.07. The first-order valence-corrected chi connectivity index (χ1v) is 7.15. The van der Waals surface area contributed by atoms with Gasteiger partial charge in [-0.3, -0.25) is 4.90 Å². The van der Waals surface area contributed by atoms with E-state index in [1.807, 2.05) is 12.1 Å². The predicted molar refractivity (Wildman–Crippen MR) is 80.3 cm³/mol. The molecule has 0 amide bonds. The van der Waals surface area contributed by atoms with Crippen LogP contribution in [0.15, 0.2) is 18.2 Å². The van der Waals surface area contributed by atoms with Gasteiger partial charge in [0.05, 0.1) is 7.11 Å². The molecule has 2 N–H and O–H groups in total. The number of benzene rings is 1. The second-order valence-electron chi connectivity index (χ2n) is 6.36. The predicted octanol–water partition coefficient (Wildman–Crippen LogP) is 3.29. The highest BCUT2D eigenvalue weighted by Crippen LogP contribution is 2.31. The van der Waals surface area contributed by atoms with Crippen LogP contribution in [-0.4, -0.2) is 25.1 Å². The van der Waals surface area contributed by atoms with Gasteiger partial charge in [-0.1, -0.05) is 13.8 Å². The molecule has 3 nitrogen and oxygen atoms in total. The van der Waals surface area contributed by atoms with Gasteiger partial charge in [0, 0.05) is 12.2 Å². The van der Waals surface area contributed by atoms with Crippen LogP contribution in [0.25, 0.3) is 0 Å². The Morgan fingerprint density at radius 1 is 1.26 bits per heavy atom. The van der Waals surface area contributed by atoms with Crippen molar-refractivity contribution in [1.29, 1.82) is 0 Å². The van der Waals surface area contributed by atoms with E-state index in [4.69, 9.17) is 10.5 Å². The van der Waals surface area contributed by atoms with Crippen LogP contribution in [0, 0.1) is 5.41 Å². The van der Waals surface area contributed by atoms with Crippen LogP contribution < -0.4 is 10.5 Å². The van der Waals surface area contributed by atoms with Crippen molar-refractivity contribution >= 4 is 5.69 Å². The topological polar surface area (TPSA) is 38.5 Å². The maximum Gasteiger partial charge on any atom is 0.119 e. The van der Waals surface area contributed by atoms with Crippen molar-refractivity contribution < 1.29 is 4.74 Å². The molecule has 0 bridgehead atoms. The van der Waals surface area contributed by atoms with E-state index in [0.717, 1.165) is 24.5 Å². The summed E-state index contributed by atoms with van der Waals surface area (Å²) in [4.78, 5) is 2.51. The highest BCUT2D eigenvalue weighted by Gasteiger charge is 2.23. The average molecular weight is 262 g/mol. The van der Waals surface area contributed by atoms with E-state index in [1.54, 1.807) is 7.11 Å². The lowest BCUT2D eigenvalue weighted by Gasteiger charge is -2.23. The first kappa shape index (κ1) is 14.2. The van der Waals surface area contributed by atoms with Gasteiger partial charge in [-0.2, -0.15) is 0 Å². The Balaban J connectivity index is 2.04. The molecule has 0 radical (unpaired) electrons. The summed E-state index contributed by atoms with van der Waals surface area (Å²) < 4.78 is 5.28. The van der Waals surface area contributed by atoms with E-state index in [0.29, 0.717) is 5.41 Å². The van der Waals surface area contributed by atoms with Gasteiger partial charge in [0.15, 0.2) is 0 Å². The largest absolute Gasteiger partial charge is 0.497 e. The molecule has 1 fully saturated rings. The molecule has 1 aromatic carbocycles. The number of nitrogen functional groups attached to an aromatic ring is 1. The summed E-state index contributed by atoms with van der Waals surface area (Å²) in [5.41, 5.74) is 8.60. The van der Waals surface area contributed by atoms with Gasteiger partial charge < -0.3 is 10.5 Å². The minimum absolute atomic E-state index is 0.481. The lowest BCUT2D eigenvalue weighted by molar-refractivity contribution is 0.256. The Morgan fingerprint density at radius 2 is 2.05 bits per heavy atom. The number of nitrogens with zero attached hydrogens (tertiary/aromatic N) is 1. The number of methoxy groups -OCH3 is 1. The lowest BCUT2D eigenvalue weighted by atomic mass is 9.85. The number of hydrogen-bond acceptors (Lipinski definition) is 3. The molecule has 0 atom stereocenters. The van der Waals surface area contributed by atoms with Gasteiger partial charge in [0.25, 0.3) is 0 Å². The van der Waals surface area contributed by atoms with E-state index in [1.165, 1.54) is 31.4 Å². The zero-order chi connectivity index (χ0) is 13.9. The molecule has 2 rings (SSSR count). The third-order valence-corrected chi connectivity index (χ3v) is 4.18. The standard InChI is InChI=1S/C16H26N2O/c1-16(2)7-4-9-18(10-8-16)12-13-11-14(19-3)5-6-15(13)17/h5-6,11H,4,7-10,12,17H2,1-3H3. The number of anilines is 1. The molecule has 1 aliphatic rings. The summed E-state index contributed by atoms with van der Waals surface area (Å²) >= 11 is 0. The maximum absolute atomic E-state index is 6.07. The van der Waals surface area contributed by atoms with Crippen LogP contribution >= 0.6 is 0 Å². The molecule has 0 saturated carbocycles. The number of nitrogens with two attached hydrogens (primary N) is 1. The zero-order valence-electron chi connectivity index (χ0n) is 12.4. The monoisotopic (exact) mass is 262 g/mol. The van der Waals surface area contributed by atoms with Crippen LogP contribution in [0.3, 0.4) is 0 Å². The first-order valence-electron chi connectivity index (χ1n) is 7.15. The molecule has 1 aromatic rings. The fourth-order valence-corrected chi connectivity index (χ4v) is 2.72. The van der Waals surface area contributed by atoms with E-state index in [2.05, 4.69) is 24.8 Å². The summed E-state index contributed by atoms with van der Waals surface area (Å²) in [7, 11) is 1.70. The van der Waals surface area contributed by atoms with Crippen molar-refractivity contribution in [1.82, 2.24) is 4.90 Å². The fraction of sp³-hybridized carbons (Fsp3) is 0.625. The Bertz CT molecular complexity index is 429. The molecule has 106 valence electrons. The van der Waals surface area contributed by atoms with Crippen molar-refractivity contribution in [2.75, 3.05) is 25.9 Å². The number of hydrogen-bond donors (Lipinski definition) is 1. The Hall–Kier alpha value is -1.22. The van der Waals surface area contributed by atoms with Crippen LogP contribution in [0.1, 0.15) is 38.7 Å². The molecule has 0 aliphatic carbocycles. The molecule has 3 heteroatoms. The molecule has 0 spiro atoms. The van der Waals surface area contributed by atoms with Crippen molar-refractivity contribution in [3.8, 4) is 5.75 Å². The minimum Gasteiger partial charge on any atom is -0.497 e. The summed E-state index contributed by atoms with van der Waals surface area (Å²) in [6.45, 7) is 8.00. The van der Waals surface area contributed by atoms with E-state index >= 15 is 0 Å². The summed E-state index contributed by atoms with van der Waals surface area (Å²) in [5, 5.41) is 0. The number of likely N-dealkylation sites (tertiary alicyclic amines) is 1. The quantitative estimate of drug-likeness (QED) is 0.850. The fourth-order valence-electron chi connectivity index (χ4n) is 2.72. The molecule has 0 aromatic heterocycles. The highest BCUT2D eigenvalue weighted by atomic mass is 16.5. The molecule has 1 aliphatic heterocycles. The number of ether oxygens (including phenoxy) is 1. The van der Waals surface area contributed by atoms with Gasteiger partial charge >= 0.3 is 0 Å². The van der Waals surface area contributed by atoms with Crippen molar-refractivity contribution in [3.05, 3.63) is 23.8 Å². The van der Waals surface area contributed by atoms with Gasteiger partial charge in [0.2, 0.25) is 0 Å². The van der Waals surface area contributed by atoms with Crippen molar-refractivity contribution in [3.63, 3.8) is 0 Å². The molecule has 1 saturated heterocycles. The molecule has 0 unspecified atom stereocenters. The second kappa shape index (κ2) is 5.83. The van der Waals surface area contributed by atoms with E-state index < -0.39 is 0 Å². The molecule has 1 heterocycles. The minimum atomic E-state index is 0.481. The summed E-state index contributed by atoms with van der Waals surface area (Å²) in [6.07, 6.45) is 3.85. The SMILES string of the molecule is COc1ccc(N)c(CN2CCCC(C)(C)CC2)c1. The third kappa shape index (κ3) is 3.87. The molecule has 19 heavy (non-hydrogen) atoms. The van der Waals surface area contributed by atoms with Crippen LogP contribution in [0.4, 0.5) is 5.69 Å². The number of rotatable bonds is 3. The summed E-state index contributed by atoms with van der Waals surface area (Å²) in [5.74, 6) is 0.888. The van der Waals surface area contributed by atoms with Crippen LogP contribution in [0.2, 0.25) is 0 Å². The Labute approximate surface area is 116 Å². The Morgan fingerprint density at radius 3 is 2.79 bits per heavy atom. The lowest BCUT2D eigenvalue weighted by Crippen LogP contribution is -2.25. The van der Waals surface area contributed by atoms with Crippen LogP contribution in [-0.2, 0) is 6.54 Å². The molecular weight excluding hydrogens is 236 g/mol. The third-order valence-electron chi connectivity index (χ3n) is 4.18. The Kier molecular flexibility index (Phi) is 4.35. The van der Waals surface area contributed by atoms with Gasteiger partial charge in [-0.15, -0.1) is 0 Å². The van der Waals surface area contributed by atoms with E-state index in [9.17, 15) is 0 Å². The zero-order valence-corrected chi connectivity index (χ0v) is 12.4. The smallest absolute Gasteiger partial charge is 0.119 e. The van der Waals surface area contributed by atoms with Gasteiger partial charge in [0.1, 0.15) is 5.75 Å². The highest BCUT2D eigenvalue weighted by molar-refractivity contribution is 5.50. The normalized spacial score (nSPS) is 19.9. The molecular formula is C16H26N2O. The van der Waals surface area contributed by atoms with Crippen molar-refractivity contribution in [2.45, 2.75) is 39.7 Å². The van der Waals surface area contributed by atoms with Gasteiger partial charge in [-0.05, 0) is 61.5 Å². The van der Waals surface area contributed by atoms with E-state index in [-0.39, 0.29) is 0 Å². The van der Waals surface area contributed by atoms with Crippen molar-refractivity contribution in [2.24, 2.45) is 5.41 Å². The first-order chi connectivity index (χ1) is 9.00. The summed E-state index contributed by atoms with van der Waals surface area (Å²) in [6, 6.07) is 5.92.